The summed E-state index contributed by atoms with van der Waals surface area (Å²) in [5.41, 5.74) is 0. The van der Waals surface area contributed by atoms with Crippen LogP contribution in [0.1, 0.15) is 0 Å². The third-order valence-corrected chi connectivity index (χ3v) is 3.63. The van der Waals surface area contributed by atoms with E-state index in [0.717, 1.165) is 0 Å². The molecule has 0 amide bonds. The quantitative estimate of drug-likeness (QED) is 0.469. The van der Waals surface area contributed by atoms with Crippen LogP contribution >= 0.6 is 0 Å². The molecule has 0 aliphatic carbocycles. The Bertz CT molecular complexity index is 250. The molecular weight excluding hydrogens is 168 g/mol. The standard InChI is InChI=1S/C5H10N2O3S/c8-11(9)2-1-6-3-7(11)5-10-4-6/h1-5H2. The summed E-state index contributed by atoms with van der Waals surface area (Å²) in [6.07, 6.45) is 0. The zero-order chi connectivity index (χ0) is 7.90. The molecule has 0 N–H and O–H groups in total. The first-order valence-corrected chi connectivity index (χ1v) is 5.07. The third-order valence-electron chi connectivity index (χ3n) is 1.93. The molecule has 2 atom stereocenters. The summed E-state index contributed by atoms with van der Waals surface area (Å²) in [5.74, 6) is 0.232. The minimum atomic E-state index is -2.99. The van der Waals surface area contributed by atoms with Crippen molar-refractivity contribution in [1.29, 1.82) is 0 Å². The Hall–Kier alpha value is -0.170. The molecule has 2 fully saturated rings. The zero-order valence-corrected chi connectivity index (χ0v) is 6.88. The average molecular weight is 178 g/mol. The average Bonchev–Trinajstić information content (AvgIpc) is 2.00. The van der Waals surface area contributed by atoms with Gasteiger partial charge in [0.1, 0.15) is 13.5 Å². The highest BCUT2D eigenvalue weighted by Crippen LogP contribution is 2.14. The van der Waals surface area contributed by atoms with Crippen molar-refractivity contribution in [3.05, 3.63) is 0 Å². The molecule has 5 nitrogen and oxygen atoms in total. The van der Waals surface area contributed by atoms with Crippen LogP contribution < -0.4 is 0 Å². The SMILES string of the molecule is O=S1(=O)CCN2COCN1C2. The van der Waals surface area contributed by atoms with Gasteiger partial charge in [-0.15, -0.1) is 0 Å². The fourth-order valence-corrected chi connectivity index (χ4v) is 2.58. The molecule has 11 heavy (non-hydrogen) atoms. The van der Waals surface area contributed by atoms with Crippen LogP contribution in [0.4, 0.5) is 0 Å². The number of hydrogen-bond donors (Lipinski definition) is 0. The molecule has 2 heterocycles. The monoisotopic (exact) mass is 178 g/mol. The molecule has 2 aliphatic rings. The molecule has 2 unspecified atom stereocenters. The van der Waals surface area contributed by atoms with Gasteiger partial charge in [0.15, 0.2) is 0 Å². The van der Waals surface area contributed by atoms with Gasteiger partial charge in [0.25, 0.3) is 0 Å². The minimum Gasteiger partial charge on any atom is -0.350 e. The number of sulfonamides is 1. The van der Waals surface area contributed by atoms with E-state index in [1.54, 1.807) is 0 Å². The smallest absolute Gasteiger partial charge is 0.218 e. The lowest BCUT2D eigenvalue weighted by molar-refractivity contribution is -0.0807. The summed E-state index contributed by atoms with van der Waals surface area (Å²) in [6.45, 7) is 1.88. The summed E-state index contributed by atoms with van der Waals surface area (Å²) in [4.78, 5) is 1.96. The summed E-state index contributed by atoms with van der Waals surface area (Å²) in [7, 11) is -2.99. The van der Waals surface area contributed by atoms with E-state index in [4.69, 9.17) is 4.74 Å². The van der Waals surface area contributed by atoms with E-state index < -0.39 is 10.0 Å². The Labute approximate surface area is 65.6 Å². The largest absolute Gasteiger partial charge is 0.350 e. The molecular formula is C5H10N2O3S. The van der Waals surface area contributed by atoms with Gasteiger partial charge in [-0.25, -0.2) is 8.42 Å². The highest BCUT2D eigenvalue weighted by molar-refractivity contribution is 7.89. The van der Waals surface area contributed by atoms with Gasteiger partial charge in [0, 0.05) is 6.54 Å². The van der Waals surface area contributed by atoms with Crippen molar-refractivity contribution in [3.8, 4) is 0 Å². The van der Waals surface area contributed by atoms with Crippen molar-refractivity contribution in [2.75, 3.05) is 32.4 Å². The first kappa shape index (κ1) is 7.48. The summed E-state index contributed by atoms with van der Waals surface area (Å²) < 4.78 is 28.8. The molecule has 2 rings (SSSR count). The van der Waals surface area contributed by atoms with Gasteiger partial charge in [-0.05, 0) is 0 Å². The molecule has 64 valence electrons. The maximum absolute atomic E-state index is 11.2. The highest BCUT2D eigenvalue weighted by Gasteiger charge is 2.33. The second-order valence-electron chi connectivity index (χ2n) is 2.77. The van der Waals surface area contributed by atoms with Crippen molar-refractivity contribution >= 4 is 10.0 Å². The van der Waals surface area contributed by atoms with E-state index in [1.165, 1.54) is 4.31 Å². The molecule has 0 aromatic heterocycles. The van der Waals surface area contributed by atoms with Crippen LogP contribution in [0.5, 0.6) is 0 Å². The number of nitrogens with zero attached hydrogens (tertiary/aromatic N) is 2. The van der Waals surface area contributed by atoms with Crippen molar-refractivity contribution in [2.24, 2.45) is 0 Å². The maximum Gasteiger partial charge on any atom is 0.218 e. The van der Waals surface area contributed by atoms with Crippen molar-refractivity contribution in [2.45, 2.75) is 0 Å². The van der Waals surface area contributed by atoms with Crippen molar-refractivity contribution in [3.63, 3.8) is 0 Å². The van der Waals surface area contributed by atoms with E-state index in [-0.39, 0.29) is 12.5 Å². The van der Waals surface area contributed by atoms with Crippen LogP contribution in [0.15, 0.2) is 0 Å². The Balaban J connectivity index is 2.21. The molecule has 6 heteroatoms. The lowest BCUT2D eigenvalue weighted by Crippen LogP contribution is -2.55. The first-order valence-electron chi connectivity index (χ1n) is 3.46. The molecule has 0 aromatic rings. The van der Waals surface area contributed by atoms with E-state index in [1.807, 2.05) is 4.90 Å². The van der Waals surface area contributed by atoms with Crippen LogP contribution in [-0.4, -0.2) is 50.1 Å². The molecule has 0 saturated carbocycles. The fourth-order valence-electron chi connectivity index (χ4n) is 1.25. The Kier molecular flexibility index (Phi) is 1.64. The van der Waals surface area contributed by atoms with Gasteiger partial charge >= 0.3 is 0 Å². The van der Waals surface area contributed by atoms with Crippen LogP contribution in [0.3, 0.4) is 0 Å². The second-order valence-corrected chi connectivity index (χ2v) is 4.85. The molecule has 0 aromatic carbocycles. The van der Waals surface area contributed by atoms with Crippen LogP contribution in [0, 0.1) is 0 Å². The van der Waals surface area contributed by atoms with Gasteiger partial charge in [-0.1, -0.05) is 0 Å². The topological polar surface area (TPSA) is 49.9 Å². The van der Waals surface area contributed by atoms with E-state index >= 15 is 0 Å². The van der Waals surface area contributed by atoms with Crippen molar-refractivity contribution < 1.29 is 13.2 Å². The number of ether oxygens (including phenoxy) is 1. The second kappa shape index (κ2) is 2.41. The highest BCUT2D eigenvalue weighted by atomic mass is 32.2. The Morgan fingerprint density at radius 1 is 1.27 bits per heavy atom. The van der Waals surface area contributed by atoms with Gasteiger partial charge < -0.3 is 4.74 Å². The first-order chi connectivity index (χ1) is 5.18. The fraction of sp³-hybridized carbons (Fsp3) is 1.00. The molecule has 2 aliphatic heterocycles. The predicted molar refractivity (Wildman–Crippen MR) is 38.0 cm³/mol. The lowest BCUT2D eigenvalue weighted by Gasteiger charge is -2.38. The van der Waals surface area contributed by atoms with Gasteiger partial charge in [0.05, 0.1) is 12.4 Å². The van der Waals surface area contributed by atoms with E-state index in [2.05, 4.69) is 0 Å². The normalized spacial score (nSPS) is 41.8. The van der Waals surface area contributed by atoms with Crippen molar-refractivity contribution in [1.82, 2.24) is 9.21 Å². The van der Waals surface area contributed by atoms with Crippen LogP contribution in [0.25, 0.3) is 0 Å². The van der Waals surface area contributed by atoms with E-state index in [0.29, 0.717) is 19.9 Å². The van der Waals surface area contributed by atoms with Gasteiger partial charge in [-0.2, -0.15) is 4.31 Å². The molecule has 2 saturated heterocycles. The van der Waals surface area contributed by atoms with Crippen LogP contribution in [-0.2, 0) is 14.8 Å². The third kappa shape index (κ3) is 1.26. The maximum atomic E-state index is 11.2. The number of fused-ring (bicyclic) bond motifs is 2. The molecule has 2 bridgehead atoms. The molecule has 0 radical (unpaired) electrons. The Morgan fingerprint density at radius 2 is 2.09 bits per heavy atom. The minimum absolute atomic E-state index is 0.221. The van der Waals surface area contributed by atoms with Gasteiger partial charge in [0.2, 0.25) is 10.0 Å². The number of rotatable bonds is 0. The number of hydrogen-bond acceptors (Lipinski definition) is 4. The van der Waals surface area contributed by atoms with Crippen LogP contribution in [0.2, 0.25) is 0 Å². The van der Waals surface area contributed by atoms with E-state index in [9.17, 15) is 8.42 Å². The Morgan fingerprint density at radius 3 is 2.82 bits per heavy atom. The summed E-state index contributed by atoms with van der Waals surface area (Å²) >= 11 is 0. The molecule has 0 spiro atoms. The lowest BCUT2D eigenvalue weighted by atomic mass is 10.6. The zero-order valence-electron chi connectivity index (χ0n) is 6.06. The van der Waals surface area contributed by atoms with Gasteiger partial charge in [-0.3, -0.25) is 4.90 Å². The summed E-state index contributed by atoms with van der Waals surface area (Å²) in [6, 6.07) is 0. The predicted octanol–water partition coefficient (Wildman–Crippen LogP) is -1.16. The summed E-state index contributed by atoms with van der Waals surface area (Å²) in [5, 5.41) is 0.